The average molecular weight is 388 g/mol. The molecule has 1 aliphatic heterocycles. The number of carbonyl (C=O) groups excluding carboxylic acids is 1. The van der Waals surface area contributed by atoms with Crippen LogP contribution in [0.3, 0.4) is 0 Å². The van der Waals surface area contributed by atoms with Crippen LogP contribution in [0, 0.1) is 17.1 Å². The quantitative estimate of drug-likeness (QED) is 0.858. The number of morpholine rings is 1. The first-order chi connectivity index (χ1) is 13.0. The molecule has 7 heteroatoms. The lowest BCUT2D eigenvalue weighted by molar-refractivity contribution is -0.0157. The minimum atomic E-state index is -0.487. The zero-order valence-electron chi connectivity index (χ0n) is 14.8. The first-order valence-electron chi connectivity index (χ1n) is 8.60. The van der Waals surface area contributed by atoms with Crippen LogP contribution >= 0.6 is 11.6 Å². The number of nitrogens with zero attached hydrogens (tertiary/aromatic N) is 2. The third-order valence-corrected chi connectivity index (χ3v) is 4.81. The Labute approximate surface area is 162 Å². The minimum Gasteiger partial charge on any atom is -0.370 e. The van der Waals surface area contributed by atoms with E-state index in [2.05, 4.69) is 11.4 Å². The molecule has 5 nitrogen and oxygen atoms in total. The van der Waals surface area contributed by atoms with Gasteiger partial charge in [0.05, 0.1) is 35.8 Å². The van der Waals surface area contributed by atoms with Crippen LogP contribution in [0.1, 0.15) is 35.8 Å². The molecule has 0 saturated carbocycles. The topological polar surface area (TPSA) is 65.4 Å². The molecule has 2 aromatic carbocycles. The number of urea groups is 1. The van der Waals surface area contributed by atoms with Gasteiger partial charge in [-0.25, -0.2) is 9.18 Å². The number of rotatable bonds is 3. The number of halogens is 2. The first kappa shape index (κ1) is 19.2. The zero-order valence-corrected chi connectivity index (χ0v) is 15.5. The molecule has 0 radical (unpaired) electrons. The molecule has 0 bridgehead atoms. The summed E-state index contributed by atoms with van der Waals surface area (Å²) in [5.41, 5.74) is 2.14. The van der Waals surface area contributed by atoms with Gasteiger partial charge in [-0.05, 0) is 42.3 Å². The van der Waals surface area contributed by atoms with Crippen molar-refractivity contribution in [2.45, 2.75) is 19.1 Å². The van der Waals surface area contributed by atoms with Crippen molar-refractivity contribution < 1.29 is 13.9 Å². The van der Waals surface area contributed by atoms with Gasteiger partial charge in [0.25, 0.3) is 0 Å². The molecule has 1 heterocycles. The first-order valence-corrected chi connectivity index (χ1v) is 8.98. The van der Waals surface area contributed by atoms with Crippen LogP contribution in [-0.2, 0) is 4.74 Å². The zero-order chi connectivity index (χ0) is 19.4. The standard InChI is InChI=1S/C20H19ClFN3O2/c1-13(15-4-2-3-14(9-15)11-23)24-20(26)25-7-8-27-19(12-25)16-5-6-18(22)17(21)10-16/h2-6,9-10,13,19H,7-8,12H2,1H3,(H,24,26)/t13-,19+/m1/s1. The highest BCUT2D eigenvalue weighted by molar-refractivity contribution is 6.30. The summed E-state index contributed by atoms with van der Waals surface area (Å²) in [6.07, 6.45) is -0.361. The molecule has 2 amide bonds. The van der Waals surface area contributed by atoms with E-state index in [-0.39, 0.29) is 23.2 Å². The summed E-state index contributed by atoms with van der Waals surface area (Å²) in [7, 11) is 0. The molecule has 3 rings (SSSR count). The van der Waals surface area contributed by atoms with E-state index in [1.54, 1.807) is 29.2 Å². The smallest absolute Gasteiger partial charge is 0.318 e. The van der Waals surface area contributed by atoms with Gasteiger partial charge in [0.1, 0.15) is 11.9 Å². The Morgan fingerprint density at radius 1 is 1.41 bits per heavy atom. The summed E-state index contributed by atoms with van der Waals surface area (Å²) in [5, 5.41) is 12.0. The Morgan fingerprint density at radius 2 is 2.22 bits per heavy atom. The SMILES string of the molecule is C[C@@H](NC(=O)N1CCO[C@H](c2ccc(F)c(Cl)c2)C1)c1cccc(C#N)c1. The Balaban J connectivity index is 1.65. The van der Waals surface area contributed by atoms with E-state index < -0.39 is 5.82 Å². The van der Waals surface area contributed by atoms with Crippen molar-refractivity contribution in [3.8, 4) is 6.07 Å². The van der Waals surface area contributed by atoms with E-state index in [1.165, 1.54) is 12.1 Å². The van der Waals surface area contributed by atoms with Gasteiger partial charge in [-0.1, -0.05) is 29.8 Å². The number of nitrogens with one attached hydrogen (secondary N) is 1. The summed E-state index contributed by atoms with van der Waals surface area (Å²) < 4.78 is 19.1. The second-order valence-electron chi connectivity index (χ2n) is 6.39. The van der Waals surface area contributed by atoms with Gasteiger partial charge in [-0.3, -0.25) is 0 Å². The fourth-order valence-electron chi connectivity index (χ4n) is 2.99. The summed E-state index contributed by atoms with van der Waals surface area (Å²) >= 11 is 5.85. The Hall–Kier alpha value is -2.62. The second kappa shape index (κ2) is 8.38. The number of ether oxygens (including phenoxy) is 1. The molecule has 1 fully saturated rings. The Kier molecular flexibility index (Phi) is 5.94. The van der Waals surface area contributed by atoms with Crippen molar-refractivity contribution in [2.24, 2.45) is 0 Å². The third kappa shape index (κ3) is 4.57. The largest absolute Gasteiger partial charge is 0.370 e. The lowest BCUT2D eigenvalue weighted by Crippen LogP contribution is -2.47. The van der Waals surface area contributed by atoms with Crippen molar-refractivity contribution in [2.75, 3.05) is 19.7 Å². The molecule has 0 spiro atoms. The average Bonchev–Trinajstić information content (AvgIpc) is 2.70. The van der Waals surface area contributed by atoms with Crippen molar-refractivity contribution >= 4 is 17.6 Å². The number of hydrogen-bond acceptors (Lipinski definition) is 3. The Morgan fingerprint density at radius 3 is 2.96 bits per heavy atom. The molecule has 140 valence electrons. The van der Waals surface area contributed by atoms with E-state index in [9.17, 15) is 9.18 Å². The highest BCUT2D eigenvalue weighted by atomic mass is 35.5. The van der Waals surface area contributed by atoms with Gasteiger partial charge < -0.3 is 15.0 Å². The van der Waals surface area contributed by atoms with Crippen molar-refractivity contribution in [1.29, 1.82) is 5.26 Å². The normalized spacial score (nSPS) is 17.9. The van der Waals surface area contributed by atoms with Crippen LogP contribution < -0.4 is 5.32 Å². The molecule has 27 heavy (non-hydrogen) atoms. The van der Waals surface area contributed by atoms with Crippen LogP contribution in [-0.4, -0.2) is 30.6 Å². The lowest BCUT2D eigenvalue weighted by Gasteiger charge is -2.34. The van der Waals surface area contributed by atoms with Gasteiger partial charge >= 0.3 is 6.03 Å². The van der Waals surface area contributed by atoms with Crippen LogP contribution in [0.25, 0.3) is 0 Å². The van der Waals surface area contributed by atoms with Crippen LogP contribution in [0.2, 0.25) is 5.02 Å². The van der Waals surface area contributed by atoms with Crippen LogP contribution in [0.15, 0.2) is 42.5 Å². The summed E-state index contributed by atoms with van der Waals surface area (Å²) in [6.45, 7) is 3.05. The monoisotopic (exact) mass is 387 g/mol. The molecule has 0 unspecified atom stereocenters. The fourth-order valence-corrected chi connectivity index (χ4v) is 3.17. The third-order valence-electron chi connectivity index (χ3n) is 4.52. The number of nitriles is 1. The van der Waals surface area contributed by atoms with E-state index >= 15 is 0 Å². The predicted octanol–water partition coefficient (Wildman–Crippen LogP) is 4.19. The molecule has 2 atom stereocenters. The van der Waals surface area contributed by atoms with Crippen molar-refractivity contribution in [1.82, 2.24) is 10.2 Å². The maximum atomic E-state index is 13.4. The van der Waals surface area contributed by atoms with Gasteiger partial charge in [0, 0.05) is 6.54 Å². The summed E-state index contributed by atoms with van der Waals surface area (Å²) in [5.74, 6) is -0.487. The van der Waals surface area contributed by atoms with E-state index in [1.807, 2.05) is 13.0 Å². The molecule has 2 aromatic rings. The number of hydrogen-bond donors (Lipinski definition) is 1. The summed E-state index contributed by atoms with van der Waals surface area (Å²) in [4.78, 5) is 14.3. The van der Waals surface area contributed by atoms with Crippen molar-refractivity contribution in [3.63, 3.8) is 0 Å². The number of benzene rings is 2. The van der Waals surface area contributed by atoms with Gasteiger partial charge in [-0.15, -0.1) is 0 Å². The molecule has 0 aromatic heterocycles. The highest BCUT2D eigenvalue weighted by Gasteiger charge is 2.26. The molecule has 1 aliphatic rings. The van der Waals surface area contributed by atoms with Crippen LogP contribution in [0.5, 0.6) is 0 Å². The summed E-state index contributed by atoms with van der Waals surface area (Å²) in [6, 6.07) is 13.2. The van der Waals surface area contributed by atoms with E-state index in [4.69, 9.17) is 21.6 Å². The lowest BCUT2D eigenvalue weighted by atomic mass is 10.1. The number of carbonyl (C=O) groups is 1. The second-order valence-corrected chi connectivity index (χ2v) is 6.79. The number of amides is 2. The van der Waals surface area contributed by atoms with Crippen LogP contribution in [0.4, 0.5) is 9.18 Å². The van der Waals surface area contributed by atoms with Gasteiger partial charge in [0.15, 0.2) is 0 Å². The molecule has 1 N–H and O–H groups in total. The van der Waals surface area contributed by atoms with E-state index in [0.717, 1.165) is 11.1 Å². The Bertz CT molecular complexity index is 884. The predicted molar refractivity (Wildman–Crippen MR) is 99.8 cm³/mol. The molecule has 0 aliphatic carbocycles. The molecular formula is C20H19ClFN3O2. The highest BCUT2D eigenvalue weighted by Crippen LogP contribution is 2.26. The molecule has 1 saturated heterocycles. The van der Waals surface area contributed by atoms with Gasteiger partial charge in [-0.2, -0.15) is 5.26 Å². The molecular weight excluding hydrogens is 369 g/mol. The van der Waals surface area contributed by atoms with E-state index in [0.29, 0.717) is 25.3 Å². The maximum Gasteiger partial charge on any atom is 0.318 e. The van der Waals surface area contributed by atoms with Crippen molar-refractivity contribution in [3.05, 3.63) is 70.0 Å². The minimum absolute atomic E-state index is 0.0312. The fraction of sp³-hybridized carbons (Fsp3) is 0.300. The maximum absolute atomic E-state index is 13.4. The van der Waals surface area contributed by atoms with Gasteiger partial charge in [0.2, 0.25) is 0 Å².